The Kier molecular flexibility index (Phi) is 8.74. The number of rotatable bonds is 9. The van der Waals surface area contributed by atoms with Crippen LogP contribution in [0.4, 0.5) is 10.5 Å². The van der Waals surface area contributed by atoms with Gasteiger partial charge in [0, 0.05) is 23.9 Å². The highest BCUT2D eigenvalue weighted by Crippen LogP contribution is 2.33. The molecule has 0 saturated carbocycles. The van der Waals surface area contributed by atoms with Crippen LogP contribution < -0.4 is 10.6 Å². The number of phenolic OH excluding ortho intramolecular Hbond substituents is 1. The third-order valence-corrected chi connectivity index (χ3v) is 5.21. The standard InChI is InChI=1S/C25H26ClN3O6/c1-3-34-22(31)13-14-27-25(33)28-19-15-21(26)29(23(19)24(32)35-4-2)17-11-9-16(10-12-17)18-7-5-6-8-20(18)30/h5-12,15,30H,3-4,13-14H2,1-2H3,(H2,27,28,33). The van der Waals surface area contributed by atoms with Crippen molar-refractivity contribution in [2.75, 3.05) is 25.1 Å². The Morgan fingerprint density at radius 1 is 1.00 bits per heavy atom. The Balaban J connectivity index is 1.87. The van der Waals surface area contributed by atoms with E-state index < -0.39 is 18.0 Å². The number of urea groups is 1. The van der Waals surface area contributed by atoms with E-state index in [2.05, 4.69) is 10.6 Å². The van der Waals surface area contributed by atoms with Gasteiger partial charge in [0.05, 0.1) is 25.3 Å². The predicted octanol–water partition coefficient (Wildman–Crippen LogP) is 4.75. The van der Waals surface area contributed by atoms with Crippen LogP contribution in [0, 0.1) is 0 Å². The van der Waals surface area contributed by atoms with Gasteiger partial charge in [-0.25, -0.2) is 9.59 Å². The molecule has 0 spiro atoms. The largest absolute Gasteiger partial charge is 0.507 e. The first kappa shape index (κ1) is 25.6. The van der Waals surface area contributed by atoms with Gasteiger partial charge in [0.2, 0.25) is 0 Å². The lowest BCUT2D eigenvalue weighted by Gasteiger charge is -2.13. The number of carbonyl (C=O) groups excluding carboxylic acids is 3. The van der Waals surface area contributed by atoms with Crippen molar-refractivity contribution in [1.82, 2.24) is 9.88 Å². The maximum absolute atomic E-state index is 12.8. The lowest BCUT2D eigenvalue weighted by molar-refractivity contribution is -0.142. The molecule has 0 saturated heterocycles. The summed E-state index contributed by atoms with van der Waals surface area (Å²) in [7, 11) is 0. The molecular weight excluding hydrogens is 474 g/mol. The van der Waals surface area contributed by atoms with Crippen molar-refractivity contribution in [2.45, 2.75) is 20.3 Å². The number of anilines is 1. The Morgan fingerprint density at radius 3 is 2.34 bits per heavy atom. The van der Waals surface area contributed by atoms with Gasteiger partial charge >= 0.3 is 18.0 Å². The third-order valence-electron chi connectivity index (χ3n) is 4.93. The normalized spacial score (nSPS) is 10.5. The van der Waals surface area contributed by atoms with Crippen molar-refractivity contribution in [3.05, 3.63) is 65.4 Å². The van der Waals surface area contributed by atoms with Crippen molar-refractivity contribution in [2.24, 2.45) is 0 Å². The van der Waals surface area contributed by atoms with Gasteiger partial charge in [-0.15, -0.1) is 0 Å². The molecule has 2 aromatic carbocycles. The number of aromatic hydroxyl groups is 1. The van der Waals surface area contributed by atoms with E-state index in [-0.39, 0.29) is 48.5 Å². The van der Waals surface area contributed by atoms with E-state index in [4.69, 9.17) is 21.1 Å². The molecular formula is C25H26ClN3O6. The summed E-state index contributed by atoms with van der Waals surface area (Å²) in [6.45, 7) is 3.81. The quantitative estimate of drug-likeness (QED) is 0.365. The number of hydrogen-bond acceptors (Lipinski definition) is 6. The van der Waals surface area contributed by atoms with Gasteiger partial charge < -0.3 is 25.2 Å². The van der Waals surface area contributed by atoms with Crippen LogP contribution in [0.15, 0.2) is 54.6 Å². The number of nitrogens with one attached hydrogen (secondary N) is 2. The summed E-state index contributed by atoms with van der Waals surface area (Å²) in [4.78, 5) is 36.6. The minimum absolute atomic E-state index is 0.0110. The Hall–Kier alpha value is -3.98. The molecule has 1 heterocycles. The lowest BCUT2D eigenvalue weighted by Crippen LogP contribution is -2.31. The van der Waals surface area contributed by atoms with Gasteiger partial charge in [0.1, 0.15) is 10.9 Å². The topological polar surface area (TPSA) is 119 Å². The van der Waals surface area contributed by atoms with E-state index in [1.54, 1.807) is 56.3 Å². The summed E-state index contributed by atoms with van der Waals surface area (Å²) in [5.74, 6) is -0.959. The second-order valence-corrected chi connectivity index (χ2v) is 7.67. The number of ether oxygens (including phenoxy) is 2. The first-order valence-corrected chi connectivity index (χ1v) is 11.4. The van der Waals surface area contributed by atoms with Crippen molar-refractivity contribution < 1.29 is 29.0 Å². The van der Waals surface area contributed by atoms with Crippen molar-refractivity contribution >= 4 is 35.3 Å². The number of amides is 2. The highest BCUT2D eigenvalue weighted by atomic mass is 35.5. The second kappa shape index (κ2) is 11.9. The second-order valence-electron chi connectivity index (χ2n) is 7.29. The van der Waals surface area contributed by atoms with Crippen molar-refractivity contribution in [1.29, 1.82) is 0 Å². The molecule has 9 nitrogen and oxygen atoms in total. The smallest absolute Gasteiger partial charge is 0.357 e. The number of halogens is 1. The molecule has 3 aromatic rings. The van der Waals surface area contributed by atoms with Gasteiger partial charge in [-0.05, 0) is 37.6 Å². The molecule has 3 rings (SSSR count). The average molecular weight is 500 g/mol. The number of para-hydroxylation sites is 1. The summed E-state index contributed by atoms with van der Waals surface area (Å²) in [6, 6.07) is 14.8. The Morgan fingerprint density at radius 2 is 1.69 bits per heavy atom. The Labute approximate surface area is 207 Å². The van der Waals surface area contributed by atoms with Crippen molar-refractivity contribution in [3.8, 4) is 22.6 Å². The molecule has 0 aliphatic heterocycles. The molecule has 0 radical (unpaired) electrons. The van der Waals surface area contributed by atoms with E-state index in [0.717, 1.165) is 5.56 Å². The molecule has 0 atom stereocenters. The molecule has 3 N–H and O–H groups in total. The fourth-order valence-corrected chi connectivity index (χ4v) is 3.70. The van der Waals surface area contributed by atoms with Gasteiger partial charge in [0.15, 0.2) is 5.69 Å². The monoisotopic (exact) mass is 499 g/mol. The maximum Gasteiger partial charge on any atom is 0.357 e. The van der Waals surface area contributed by atoms with E-state index in [9.17, 15) is 19.5 Å². The number of benzene rings is 2. The van der Waals surface area contributed by atoms with Crippen LogP contribution in [0.1, 0.15) is 30.8 Å². The van der Waals surface area contributed by atoms with Crippen LogP contribution in [0.3, 0.4) is 0 Å². The molecule has 184 valence electrons. The summed E-state index contributed by atoms with van der Waals surface area (Å²) in [6.07, 6.45) is 0.0110. The minimum atomic E-state index is -0.675. The first-order valence-electron chi connectivity index (χ1n) is 11.0. The number of esters is 2. The van der Waals surface area contributed by atoms with Crippen LogP contribution >= 0.6 is 11.6 Å². The van der Waals surface area contributed by atoms with Crippen LogP contribution in [0.25, 0.3) is 16.8 Å². The molecule has 10 heteroatoms. The molecule has 0 fully saturated rings. The van der Waals surface area contributed by atoms with Gasteiger partial charge in [-0.2, -0.15) is 0 Å². The van der Waals surface area contributed by atoms with Crippen molar-refractivity contribution in [3.63, 3.8) is 0 Å². The van der Waals surface area contributed by atoms with Gasteiger partial charge in [-0.1, -0.05) is 41.9 Å². The van der Waals surface area contributed by atoms with Gasteiger partial charge in [0.25, 0.3) is 0 Å². The van der Waals surface area contributed by atoms with E-state index in [0.29, 0.717) is 11.3 Å². The molecule has 0 unspecified atom stereocenters. The zero-order valence-corrected chi connectivity index (χ0v) is 20.1. The molecule has 35 heavy (non-hydrogen) atoms. The average Bonchev–Trinajstić information content (AvgIpc) is 3.15. The molecule has 2 amide bonds. The highest BCUT2D eigenvalue weighted by molar-refractivity contribution is 6.31. The summed E-state index contributed by atoms with van der Waals surface area (Å²) >= 11 is 6.46. The summed E-state index contributed by atoms with van der Waals surface area (Å²) in [5.41, 5.74) is 2.16. The molecule has 0 bridgehead atoms. The first-order chi connectivity index (χ1) is 16.8. The minimum Gasteiger partial charge on any atom is -0.507 e. The van der Waals surface area contributed by atoms with Crippen LogP contribution in [0.5, 0.6) is 5.75 Å². The zero-order chi connectivity index (χ0) is 25.4. The lowest BCUT2D eigenvalue weighted by atomic mass is 10.0. The number of aromatic nitrogens is 1. The fourth-order valence-electron chi connectivity index (χ4n) is 3.41. The van der Waals surface area contributed by atoms with Gasteiger partial charge in [-0.3, -0.25) is 9.36 Å². The fraction of sp³-hybridized carbons (Fsp3) is 0.240. The van der Waals surface area contributed by atoms with E-state index >= 15 is 0 Å². The van der Waals surface area contributed by atoms with E-state index in [1.807, 2.05) is 6.07 Å². The molecule has 0 aliphatic carbocycles. The Bertz CT molecular complexity index is 1210. The summed E-state index contributed by atoms with van der Waals surface area (Å²) in [5, 5.41) is 15.4. The third kappa shape index (κ3) is 6.33. The predicted molar refractivity (Wildman–Crippen MR) is 132 cm³/mol. The number of nitrogens with zero attached hydrogens (tertiary/aromatic N) is 1. The van der Waals surface area contributed by atoms with Crippen LogP contribution in [0.2, 0.25) is 5.15 Å². The number of phenols is 1. The highest BCUT2D eigenvalue weighted by Gasteiger charge is 2.24. The molecule has 1 aromatic heterocycles. The molecule has 0 aliphatic rings. The zero-order valence-electron chi connectivity index (χ0n) is 19.3. The van der Waals surface area contributed by atoms with Crippen LogP contribution in [-0.4, -0.2) is 47.4 Å². The van der Waals surface area contributed by atoms with Crippen LogP contribution in [-0.2, 0) is 14.3 Å². The summed E-state index contributed by atoms with van der Waals surface area (Å²) < 4.78 is 11.5. The van der Waals surface area contributed by atoms with E-state index in [1.165, 1.54) is 10.6 Å². The number of carbonyl (C=O) groups is 3. The number of hydrogen-bond donors (Lipinski definition) is 3. The maximum atomic E-state index is 12.8. The SMILES string of the molecule is CCOC(=O)CCNC(=O)Nc1cc(Cl)n(-c2ccc(-c3ccccc3O)cc2)c1C(=O)OCC.